The van der Waals surface area contributed by atoms with Crippen molar-refractivity contribution in [1.29, 1.82) is 0 Å². The Labute approximate surface area is 156 Å². The summed E-state index contributed by atoms with van der Waals surface area (Å²) < 4.78 is 0. The van der Waals surface area contributed by atoms with Gasteiger partial charge < -0.3 is 5.11 Å². The van der Waals surface area contributed by atoms with Gasteiger partial charge in [0.2, 0.25) is 0 Å². The van der Waals surface area contributed by atoms with E-state index in [-0.39, 0.29) is 18.6 Å². The molecule has 148 valence electrons. The van der Waals surface area contributed by atoms with Crippen molar-refractivity contribution in [3.63, 3.8) is 0 Å². The smallest absolute Gasteiger partial charge is 0.303 e. The number of carbonyl (C=O) groups excluding carboxylic acids is 1. The molecule has 0 spiro atoms. The standard InChI is InChI=1S/C22H42O3/c1-2-3-4-5-6-7-8-9-10-11-12-13-14-15-16-17-18-21(23)19-20-22(24)25/h2-20H2,1H3,(H,24,25). The normalized spacial score (nSPS) is 10.9. The topological polar surface area (TPSA) is 54.4 Å². The molecule has 25 heavy (non-hydrogen) atoms. The van der Waals surface area contributed by atoms with E-state index in [9.17, 15) is 9.59 Å². The molecule has 0 saturated heterocycles. The van der Waals surface area contributed by atoms with Crippen molar-refractivity contribution in [2.24, 2.45) is 0 Å². The van der Waals surface area contributed by atoms with Crippen molar-refractivity contribution in [3.8, 4) is 0 Å². The largest absolute Gasteiger partial charge is 0.481 e. The Balaban J connectivity index is 3.09. The average molecular weight is 355 g/mol. The Hall–Kier alpha value is -0.860. The third kappa shape index (κ3) is 21.1. The van der Waals surface area contributed by atoms with Gasteiger partial charge in [-0.1, -0.05) is 103 Å². The molecule has 1 N–H and O–H groups in total. The van der Waals surface area contributed by atoms with Crippen molar-refractivity contribution < 1.29 is 14.7 Å². The number of carboxylic acids is 1. The molecule has 0 aromatic rings. The zero-order valence-electron chi connectivity index (χ0n) is 16.7. The van der Waals surface area contributed by atoms with Crippen molar-refractivity contribution >= 4 is 11.8 Å². The third-order valence-corrected chi connectivity index (χ3v) is 4.93. The van der Waals surface area contributed by atoms with E-state index in [1.807, 2.05) is 0 Å². The molecule has 3 nitrogen and oxygen atoms in total. The van der Waals surface area contributed by atoms with Gasteiger partial charge in [-0.05, 0) is 6.42 Å². The highest BCUT2D eigenvalue weighted by atomic mass is 16.4. The molecule has 0 rings (SSSR count). The van der Waals surface area contributed by atoms with Crippen LogP contribution in [0.5, 0.6) is 0 Å². The number of Topliss-reactive ketones (excluding diaryl/α,β-unsaturated/α-hetero) is 1. The van der Waals surface area contributed by atoms with Crippen LogP contribution in [0.25, 0.3) is 0 Å². The van der Waals surface area contributed by atoms with Crippen molar-refractivity contribution in [3.05, 3.63) is 0 Å². The first kappa shape index (κ1) is 24.1. The first-order chi connectivity index (χ1) is 12.2. The Kier molecular flexibility index (Phi) is 18.8. The lowest BCUT2D eigenvalue weighted by Crippen LogP contribution is -2.02. The van der Waals surface area contributed by atoms with E-state index in [0.29, 0.717) is 6.42 Å². The fourth-order valence-corrected chi connectivity index (χ4v) is 3.24. The zero-order chi connectivity index (χ0) is 18.6. The Morgan fingerprint density at radius 2 is 0.880 bits per heavy atom. The molecule has 0 heterocycles. The Bertz CT molecular complexity index is 312. The monoisotopic (exact) mass is 354 g/mol. The van der Waals surface area contributed by atoms with E-state index in [1.54, 1.807) is 0 Å². The van der Waals surface area contributed by atoms with E-state index in [1.165, 1.54) is 89.9 Å². The van der Waals surface area contributed by atoms with Gasteiger partial charge in [-0.15, -0.1) is 0 Å². The second-order valence-electron chi connectivity index (χ2n) is 7.49. The second kappa shape index (κ2) is 19.5. The minimum Gasteiger partial charge on any atom is -0.481 e. The van der Waals surface area contributed by atoms with Crippen molar-refractivity contribution in [2.75, 3.05) is 0 Å². The van der Waals surface area contributed by atoms with Crippen LogP contribution in [0.3, 0.4) is 0 Å². The summed E-state index contributed by atoms with van der Waals surface area (Å²) in [5.41, 5.74) is 0. The maximum absolute atomic E-state index is 11.4. The quantitative estimate of drug-likeness (QED) is 0.238. The van der Waals surface area contributed by atoms with E-state index in [4.69, 9.17) is 5.11 Å². The molecule has 0 amide bonds. The summed E-state index contributed by atoms with van der Waals surface area (Å²) in [6, 6.07) is 0. The van der Waals surface area contributed by atoms with Crippen LogP contribution in [-0.4, -0.2) is 16.9 Å². The summed E-state index contributed by atoms with van der Waals surface area (Å²) in [4.78, 5) is 21.8. The molecule has 0 aromatic carbocycles. The van der Waals surface area contributed by atoms with Crippen LogP contribution >= 0.6 is 0 Å². The summed E-state index contributed by atoms with van der Waals surface area (Å²) in [7, 11) is 0. The third-order valence-electron chi connectivity index (χ3n) is 4.93. The SMILES string of the molecule is CCCCCCCCCCCCCCCCCCC(=O)CCC(=O)O. The van der Waals surface area contributed by atoms with Gasteiger partial charge in [-0.2, -0.15) is 0 Å². The van der Waals surface area contributed by atoms with E-state index in [0.717, 1.165) is 12.8 Å². The number of unbranched alkanes of at least 4 members (excludes halogenated alkanes) is 15. The molecule has 0 fully saturated rings. The van der Waals surface area contributed by atoms with Crippen LogP contribution in [0.1, 0.15) is 129 Å². The highest BCUT2D eigenvalue weighted by Crippen LogP contribution is 2.14. The molecule has 0 aliphatic carbocycles. The van der Waals surface area contributed by atoms with E-state index in [2.05, 4.69) is 6.92 Å². The van der Waals surface area contributed by atoms with Crippen LogP contribution < -0.4 is 0 Å². The van der Waals surface area contributed by atoms with Crippen molar-refractivity contribution in [1.82, 2.24) is 0 Å². The first-order valence-corrected chi connectivity index (χ1v) is 10.9. The Morgan fingerprint density at radius 3 is 1.24 bits per heavy atom. The summed E-state index contributed by atoms with van der Waals surface area (Å²) in [6.07, 6.45) is 22.0. The van der Waals surface area contributed by atoms with Gasteiger partial charge in [0.05, 0.1) is 6.42 Å². The van der Waals surface area contributed by atoms with Crippen LogP contribution in [-0.2, 0) is 9.59 Å². The Morgan fingerprint density at radius 1 is 0.520 bits per heavy atom. The lowest BCUT2D eigenvalue weighted by Gasteiger charge is -2.03. The summed E-state index contributed by atoms with van der Waals surface area (Å²) in [5, 5.41) is 8.52. The number of rotatable bonds is 20. The fourth-order valence-electron chi connectivity index (χ4n) is 3.24. The lowest BCUT2D eigenvalue weighted by molar-refractivity contribution is -0.138. The number of aliphatic carboxylic acids is 1. The first-order valence-electron chi connectivity index (χ1n) is 10.9. The molecule has 0 aliphatic heterocycles. The minimum atomic E-state index is -0.875. The number of hydrogen-bond donors (Lipinski definition) is 1. The molecule has 0 atom stereocenters. The van der Waals surface area contributed by atoms with E-state index >= 15 is 0 Å². The summed E-state index contributed by atoms with van der Waals surface area (Å²) >= 11 is 0. The van der Waals surface area contributed by atoms with Gasteiger partial charge in [0.15, 0.2) is 0 Å². The molecule has 0 radical (unpaired) electrons. The molecule has 0 saturated carbocycles. The maximum atomic E-state index is 11.4. The zero-order valence-corrected chi connectivity index (χ0v) is 16.7. The second-order valence-corrected chi connectivity index (χ2v) is 7.49. The minimum absolute atomic E-state index is 0.0162. The predicted molar refractivity (Wildman–Crippen MR) is 106 cm³/mol. The summed E-state index contributed by atoms with van der Waals surface area (Å²) in [5.74, 6) is -0.770. The number of carboxylic acid groups (broad SMARTS) is 1. The predicted octanol–water partition coefficient (Wildman–Crippen LogP) is 7.07. The van der Waals surface area contributed by atoms with Gasteiger partial charge >= 0.3 is 5.97 Å². The molecule has 0 unspecified atom stereocenters. The maximum Gasteiger partial charge on any atom is 0.303 e. The fraction of sp³-hybridized carbons (Fsp3) is 0.909. The number of hydrogen-bond acceptors (Lipinski definition) is 2. The molecular formula is C22H42O3. The van der Waals surface area contributed by atoms with Crippen LogP contribution in [0.4, 0.5) is 0 Å². The van der Waals surface area contributed by atoms with Crippen molar-refractivity contribution in [2.45, 2.75) is 129 Å². The highest BCUT2D eigenvalue weighted by Gasteiger charge is 2.05. The lowest BCUT2D eigenvalue weighted by atomic mass is 10.0. The van der Waals surface area contributed by atoms with Crippen LogP contribution in [0.2, 0.25) is 0 Å². The molecule has 3 heteroatoms. The van der Waals surface area contributed by atoms with Gasteiger partial charge in [-0.25, -0.2) is 0 Å². The van der Waals surface area contributed by atoms with Gasteiger partial charge in [-0.3, -0.25) is 9.59 Å². The molecule has 0 aromatic heterocycles. The van der Waals surface area contributed by atoms with Gasteiger partial charge in [0.25, 0.3) is 0 Å². The molecular weight excluding hydrogens is 312 g/mol. The van der Waals surface area contributed by atoms with Crippen LogP contribution in [0.15, 0.2) is 0 Å². The average Bonchev–Trinajstić information content (AvgIpc) is 2.59. The summed E-state index contributed by atoms with van der Waals surface area (Å²) in [6.45, 7) is 2.27. The van der Waals surface area contributed by atoms with Crippen LogP contribution in [0, 0.1) is 0 Å². The molecule has 0 aliphatic rings. The van der Waals surface area contributed by atoms with E-state index < -0.39 is 5.97 Å². The number of ketones is 1. The van der Waals surface area contributed by atoms with Gasteiger partial charge in [0, 0.05) is 12.8 Å². The molecule has 0 bridgehead atoms. The van der Waals surface area contributed by atoms with Gasteiger partial charge in [0.1, 0.15) is 5.78 Å². The number of carbonyl (C=O) groups is 2. The highest BCUT2D eigenvalue weighted by molar-refractivity contribution is 5.82.